The first kappa shape index (κ1) is 17.4. The normalized spacial score (nSPS) is 11.9. The number of nitrogens with zero attached hydrogens (tertiary/aromatic N) is 2. The summed E-state index contributed by atoms with van der Waals surface area (Å²) in [5.41, 5.74) is 5.81. The topological polar surface area (TPSA) is 72.9 Å². The lowest BCUT2D eigenvalue weighted by molar-refractivity contribution is -0.140. The minimum atomic E-state index is -4.61. The van der Waals surface area contributed by atoms with E-state index in [0.717, 1.165) is 16.9 Å². The van der Waals surface area contributed by atoms with Crippen LogP contribution in [-0.4, -0.2) is 28.8 Å². The second-order valence-electron chi connectivity index (χ2n) is 5.47. The highest BCUT2D eigenvalue weighted by molar-refractivity contribution is 7.20. The van der Waals surface area contributed by atoms with Crippen LogP contribution in [0.15, 0.2) is 30.3 Å². The molecule has 2 heterocycles. The number of aryl methyl sites for hydroxylation is 1. The summed E-state index contributed by atoms with van der Waals surface area (Å²) in [5, 5.41) is 6.21. The SMILES string of the molecule is Cc1ccc(-n2nc(C(F)(F)F)c3cc(C(=O)NCCN)sc32)cc1. The number of alkyl halides is 3. The van der Waals surface area contributed by atoms with Gasteiger partial charge in [0.2, 0.25) is 0 Å². The Balaban J connectivity index is 2.15. The van der Waals surface area contributed by atoms with Crippen molar-refractivity contribution in [2.24, 2.45) is 5.73 Å². The van der Waals surface area contributed by atoms with Crippen molar-refractivity contribution in [3.8, 4) is 5.69 Å². The lowest BCUT2D eigenvalue weighted by Gasteiger charge is -2.05. The summed E-state index contributed by atoms with van der Waals surface area (Å²) in [5.74, 6) is -0.449. The number of nitrogens with two attached hydrogens (primary N) is 1. The summed E-state index contributed by atoms with van der Waals surface area (Å²) >= 11 is 0.966. The Morgan fingerprint density at radius 2 is 2.00 bits per heavy atom. The van der Waals surface area contributed by atoms with E-state index in [1.165, 1.54) is 10.7 Å². The van der Waals surface area contributed by atoms with Gasteiger partial charge in [0.05, 0.1) is 10.6 Å². The molecule has 132 valence electrons. The standard InChI is InChI=1S/C16H15F3N4OS/c1-9-2-4-10(5-3-9)23-15-11(13(22-23)16(17,18)19)8-12(25-15)14(24)21-7-6-20/h2-5,8H,6-7,20H2,1H3,(H,21,24). The fourth-order valence-corrected chi connectivity index (χ4v) is 3.41. The molecule has 0 saturated carbocycles. The van der Waals surface area contributed by atoms with Crippen LogP contribution in [0.2, 0.25) is 0 Å². The van der Waals surface area contributed by atoms with E-state index in [4.69, 9.17) is 5.73 Å². The number of nitrogens with one attached hydrogen (secondary N) is 1. The number of amides is 1. The van der Waals surface area contributed by atoms with Gasteiger partial charge in [-0.05, 0) is 25.1 Å². The molecule has 0 aliphatic heterocycles. The van der Waals surface area contributed by atoms with Crippen LogP contribution >= 0.6 is 11.3 Å². The first-order chi connectivity index (χ1) is 11.8. The lowest BCUT2D eigenvalue weighted by atomic mass is 10.2. The van der Waals surface area contributed by atoms with E-state index in [-0.39, 0.29) is 28.2 Å². The molecular weight excluding hydrogens is 353 g/mol. The van der Waals surface area contributed by atoms with Crippen molar-refractivity contribution >= 4 is 27.5 Å². The number of rotatable bonds is 4. The van der Waals surface area contributed by atoms with Gasteiger partial charge >= 0.3 is 6.18 Å². The van der Waals surface area contributed by atoms with Crippen LogP contribution in [0.1, 0.15) is 20.9 Å². The Kier molecular flexibility index (Phi) is 4.53. The first-order valence-electron chi connectivity index (χ1n) is 7.46. The average Bonchev–Trinajstić information content (AvgIpc) is 3.12. The molecule has 2 aromatic heterocycles. The molecule has 1 amide bonds. The van der Waals surface area contributed by atoms with Crippen molar-refractivity contribution in [1.29, 1.82) is 0 Å². The first-order valence-corrected chi connectivity index (χ1v) is 8.28. The second-order valence-corrected chi connectivity index (χ2v) is 6.50. The van der Waals surface area contributed by atoms with Crippen molar-refractivity contribution in [3.05, 3.63) is 46.5 Å². The van der Waals surface area contributed by atoms with Crippen molar-refractivity contribution in [1.82, 2.24) is 15.1 Å². The summed E-state index contributed by atoms with van der Waals surface area (Å²) in [6.07, 6.45) is -4.61. The van der Waals surface area contributed by atoms with Crippen LogP contribution in [0.4, 0.5) is 13.2 Å². The Morgan fingerprint density at radius 3 is 2.60 bits per heavy atom. The van der Waals surface area contributed by atoms with E-state index in [9.17, 15) is 18.0 Å². The summed E-state index contributed by atoms with van der Waals surface area (Å²) in [7, 11) is 0. The van der Waals surface area contributed by atoms with Crippen LogP contribution in [0.25, 0.3) is 15.9 Å². The van der Waals surface area contributed by atoms with E-state index >= 15 is 0 Å². The number of thiophene rings is 1. The smallest absolute Gasteiger partial charge is 0.350 e. The Morgan fingerprint density at radius 1 is 1.32 bits per heavy atom. The zero-order valence-electron chi connectivity index (χ0n) is 13.2. The molecule has 5 nitrogen and oxygen atoms in total. The average molecular weight is 368 g/mol. The maximum absolute atomic E-state index is 13.3. The molecule has 3 rings (SSSR count). The number of hydrogen-bond acceptors (Lipinski definition) is 4. The Bertz CT molecular complexity index is 912. The fraction of sp³-hybridized carbons (Fsp3) is 0.250. The molecule has 0 unspecified atom stereocenters. The van der Waals surface area contributed by atoms with Gasteiger partial charge in [-0.2, -0.15) is 18.3 Å². The summed E-state index contributed by atoms with van der Waals surface area (Å²) in [6.45, 7) is 2.39. The minimum Gasteiger partial charge on any atom is -0.350 e. The highest BCUT2D eigenvalue weighted by Crippen LogP contribution is 2.38. The molecule has 0 fully saturated rings. The van der Waals surface area contributed by atoms with Gasteiger partial charge in [-0.25, -0.2) is 4.68 Å². The number of carbonyl (C=O) groups excluding carboxylic acids is 1. The van der Waals surface area contributed by atoms with Crippen LogP contribution in [-0.2, 0) is 6.18 Å². The predicted octanol–water partition coefficient (Wildman–Crippen LogP) is 3.10. The molecule has 0 spiro atoms. The Hall–Kier alpha value is -2.39. The fourth-order valence-electron chi connectivity index (χ4n) is 2.36. The molecular formula is C16H15F3N4OS. The predicted molar refractivity (Wildman–Crippen MR) is 90.1 cm³/mol. The molecule has 0 atom stereocenters. The number of benzene rings is 1. The van der Waals surface area contributed by atoms with E-state index in [1.54, 1.807) is 24.3 Å². The van der Waals surface area contributed by atoms with E-state index < -0.39 is 17.8 Å². The third-order valence-corrected chi connectivity index (χ3v) is 4.67. The van der Waals surface area contributed by atoms with E-state index in [2.05, 4.69) is 10.4 Å². The summed E-state index contributed by atoms with van der Waals surface area (Å²) in [4.78, 5) is 12.5. The zero-order valence-corrected chi connectivity index (χ0v) is 14.0. The van der Waals surface area contributed by atoms with Crippen molar-refractivity contribution < 1.29 is 18.0 Å². The molecule has 0 aliphatic carbocycles. The maximum Gasteiger partial charge on any atom is 0.435 e. The monoisotopic (exact) mass is 368 g/mol. The van der Waals surface area contributed by atoms with Crippen molar-refractivity contribution in [3.63, 3.8) is 0 Å². The zero-order chi connectivity index (χ0) is 18.2. The molecule has 3 N–H and O–H groups in total. The van der Waals surface area contributed by atoms with Crippen molar-refractivity contribution in [2.45, 2.75) is 13.1 Å². The van der Waals surface area contributed by atoms with Gasteiger partial charge in [-0.3, -0.25) is 4.79 Å². The largest absolute Gasteiger partial charge is 0.435 e. The number of carbonyl (C=O) groups is 1. The molecule has 9 heteroatoms. The highest BCUT2D eigenvalue weighted by atomic mass is 32.1. The molecule has 0 aliphatic rings. The van der Waals surface area contributed by atoms with E-state index in [1.807, 2.05) is 6.92 Å². The minimum absolute atomic E-state index is 0.0871. The Labute approximate surface area is 145 Å². The lowest BCUT2D eigenvalue weighted by Crippen LogP contribution is -2.28. The van der Waals surface area contributed by atoms with Gasteiger partial charge in [0.25, 0.3) is 5.91 Å². The molecule has 0 bridgehead atoms. The number of hydrogen-bond donors (Lipinski definition) is 2. The maximum atomic E-state index is 13.3. The summed E-state index contributed by atoms with van der Waals surface area (Å²) in [6, 6.07) is 8.19. The van der Waals surface area contributed by atoms with Crippen LogP contribution in [0.5, 0.6) is 0 Å². The molecule has 0 saturated heterocycles. The number of fused-ring (bicyclic) bond motifs is 1. The van der Waals surface area contributed by atoms with Gasteiger partial charge in [-0.1, -0.05) is 17.7 Å². The molecule has 25 heavy (non-hydrogen) atoms. The van der Waals surface area contributed by atoms with Crippen LogP contribution in [0, 0.1) is 6.92 Å². The van der Waals surface area contributed by atoms with Gasteiger partial charge < -0.3 is 11.1 Å². The third kappa shape index (κ3) is 3.38. The molecule has 0 radical (unpaired) electrons. The summed E-state index contributed by atoms with van der Waals surface area (Å²) < 4.78 is 41.2. The number of halogens is 3. The van der Waals surface area contributed by atoms with Gasteiger partial charge in [0.15, 0.2) is 5.69 Å². The third-order valence-electron chi connectivity index (χ3n) is 3.56. The van der Waals surface area contributed by atoms with Gasteiger partial charge in [0.1, 0.15) is 4.83 Å². The van der Waals surface area contributed by atoms with Gasteiger partial charge in [0, 0.05) is 18.5 Å². The number of aromatic nitrogens is 2. The van der Waals surface area contributed by atoms with Crippen LogP contribution < -0.4 is 11.1 Å². The molecule has 3 aromatic rings. The van der Waals surface area contributed by atoms with E-state index in [0.29, 0.717) is 5.69 Å². The highest BCUT2D eigenvalue weighted by Gasteiger charge is 2.38. The second kappa shape index (κ2) is 6.49. The van der Waals surface area contributed by atoms with Crippen molar-refractivity contribution in [2.75, 3.05) is 13.1 Å². The molecule has 1 aromatic carbocycles. The quantitative estimate of drug-likeness (QED) is 0.743. The van der Waals surface area contributed by atoms with Gasteiger partial charge in [-0.15, -0.1) is 11.3 Å². The van der Waals surface area contributed by atoms with Crippen LogP contribution in [0.3, 0.4) is 0 Å².